The normalized spacial score (nSPS) is 16.2. The van der Waals surface area contributed by atoms with Crippen LogP contribution in [0.1, 0.15) is 35.6 Å². The summed E-state index contributed by atoms with van der Waals surface area (Å²) in [6.45, 7) is 0.260. The van der Waals surface area contributed by atoms with Crippen molar-refractivity contribution in [3.05, 3.63) is 64.2 Å². The Balaban J connectivity index is 1.70. The molecule has 0 bridgehead atoms. The second-order valence-electron chi connectivity index (χ2n) is 6.37. The standard InChI is InChI=1S/C20H20ClN3O/c1-24(19-8-4-6-14-5-2-3-7-17(14)19)13-20(25)23-18-11-16(21)10-9-15(18)12-22/h2-3,5,7,9-11,19H,4,6,8,13H2,1H3,(H,23,25)/t19-/m1/s1. The summed E-state index contributed by atoms with van der Waals surface area (Å²) in [4.78, 5) is 14.5. The second-order valence-corrected chi connectivity index (χ2v) is 6.81. The van der Waals surface area contributed by atoms with Gasteiger partial charge in [-0.3, -0.25) is 9.69 Å². The van der Waals surface area contributed by atoms with Crippen LogP contribution in [0.2, 0.25) is 5.02 Å². The van der Waals surface area contributed by atoms with Crippen LogP contribution in [0, 0.1) is 11.3 Å². The van der Waals surface area contributed by atoms with Gasteiger partial charge in [0.05, 0.1) is 17.8 Å². The van der Waals surface area contributed by atoms with Crippen LogP contribution in [0.4, 0.5) is 5.69 Å². The van der Waals surface area contributed by atoms with E-state index >= 15 is 0 Å². The van der Waals surface area contributed by atoms with Crippen molar-refractivity contribution in [3.8, 4) is 6.07 Å². The summed E-state index contributed by atoms with van der Waals surface area (Å²) >= 11 is 5.97. The van der Waals surface area contributed by atoms with E-state index < -0.39 is 0 Å². The molecule has 2 aromatic carbocycles. The minimum absolute atomic E-state index is 0.149. The number of aryl methyl sites for hydroxylation is 1. The number of fused-ring (bicyclic) bond motifs is 1. The smallest absolute Gasteiger partial charge is 0.238 e. The molecule has 4 nitrogen and oxygen atoms in total. The highest BCUT2D eigenvalue weighted by atomic mass is 35.5. The van der Waals surface area contributed by atoms with Crippen molar-refractivity contribution < 1.29 is 4.79 Å². The van der Waals surface area contributed by atoms with Crippen LogP contribution < -0.4 is 5.32 Å². The Bertz CT molecular complexity index is 828. The first-order chi connectivity index (χ1) is 12.1. The summed E-state index contributed by atoms with van der Waals surface area (Å²) in [6.07, 6.45) is 3.27. The molecular formula is C20H20ClN3O. The number of rotatable bonds is 4. The van der Waals surface area contributed by atoms with Crippen molar-refractivity contribution in [2.75, 3.05) is 18.9 Å². The Morgan fingerprint density at radius 1 is 1.36 bits per heavy atom. The molecule has 0 fully saturated rings. The third-order valence-corrected chi connectivity index (χ3v) is 4.87. The van der Waals surface area contributed by atoms with Crippen LogP contribution in [-0.4, -0.2) is 24.4 Å². The number of halogens is 1. The zero-order valence-corrected chi connectivity index (χ0v) is 14.9. The number of amides is 1. The molecule has 0 saturated carbocycles. The molecule has 0 aromatic heterocycles. The number of carbonyl (C=O) groups is 1. The molecule has 0 radical (unpaired) electrons. The second kappa shape index (κ2) is 7.69. The molecule has 0 unspecified atom stereocenters. The van der Waals surface area contributed by atoms with E-state index in [9.17, 15) is 4.79 Å². The third-order valence-electron chi connectivity index (χ3n) is 4.64. The maximum absolute atomic E-state index is 12.5. The van der Waals surface area contributed by atoms with Gasteiger partial charge in [0.25, 0.3) is 0 Å². The fraction of sp³-hybridized carbons (Fsp3) is 0.300. The average Bonchev–Trinajstić information content (AvgIpc) is 2.61. The maximum Gasteiger partial charge on any atom is 0.238 e. The Morgan fingerprint density at radius 2 is 2.16 bits per heavy atom. The molecule has 25 heavy (non-hydrogen) atoms. The van der Waals surface area contributed by atoms with Gasteiger partial charge in [0.1, 0.15) is 6.07 Å². The van der Waals surface area contributed by atoms with Crippen LogP contribution in [0.5, 0.6) is 0 Å². The Labute approximate surface area is 153 Å². The number of nitriles is 1. The number of benzene rings is 2. The third kappa shape index (κ3) is 4.01. The fourth-order valence-electron chi connectivity index (χ4n) is 3.43. The maximum atomic E-state index is 12.5. The highest BCUT2D eigenvalue weighted by Gasteiger charge is 2.24. The quantitative estimate of drug-likeness (QED) is 0.897. The van der Waals surface area contributed by atoms with E-state index in [0.717, 1.165) is 19.3 Å². The highest BCUT2D eigenvalue weighted by Crippen LogP contribution is 2.33. The zero-order chi connectivity index (χ0) is 17.8. The Hall–Kier alpha value is -2.35. The number of carbonyl (C=O) groups excluding carboxylic acids is 1. The topological polar surface area (TPSA) is 56.1 Å². The van der Waals surface area contributed by atoms with Crippen LogP contribution in [0.3, 0.4) is 0 Å². The predicted molar refractivity (Wildman–Crippen MR) is 99.5 cm³/mol. The molecule has 0 saturated heterocycles. The van der Waals surface area contributed by atoms with Gasteiger partial charge < -0.3 is 5.32 Å². The van der Waals surface area contributed by atoms with E-state index in [1.54, 1.807) is 18.2 Å². The summed E-state index contributed by atoms with van der Waals surface area (Å²) in [5.41, 5.74) is 3.54. The van der Waals surface area contributed by atoms with Gasteiger partial charge in [0.15, 0.2) is 0 Å². The monoisotopic (exact) mass is 353 g/mol. The predicted octanol–water partition coefficient (Wildman–Crippen LogP) is 4.16. The van der Waals surface area contributed by atoms with Gasteiger partial charge in [-0.25, -0.2) is 0 Å². The molecule has 1 N–H and O–H groups in total. The largest absolute Gasteiger partial charge is 0.324 e. The summed E-state index contributed by atoms with van der Waals surface area (Å²) in [5.74, 6) is -0.149. The lowest BCUT2D eigenvalue weighted by molar-refractivity contribution is -0.117. The molecule has 1 amide bonds. The molecular weight excluding hydrogens is 334 g/mol. The molecule has 3 rings (SSSR count). The molecule has 5 heteroatoms. The number of hydrogen-bond donors (Lipinski definition) is 1. The molecule has 1 aliphatic rings. The number of likely N-dealkylation sites (N-methyl/N-ethyl adjacent to an activating group) is 1. The van der Waals surface area contributed by atoms with Crippen LogP contribution in [0.15, 0.2) is 42.5 Å². The van der Waals surface area contributed by atoms with Crippen LogP contribution >= 0.6 is 11.6 Å². The molecule has 1 atom stereocenters. The van der Waals surface area contributed by atoms with Gasteiger partial charge in [-0.1, -0.05) is 35.9 Å². The fourth-order valence-corrected chi connectivity index (χ4v) is 3.60. The van der Waals surface area contributed by atoms with Crippen LogP contribution in [-0.2, 0) is 11.2 Å². The minimum atomic E-state index is -0.149. The van der Waals surface area contributed by atoms with Gasteiger partial charge in [0.2, 0.25) is 5.91 Å². The van der Waals surface area contributed by atoms with Crippen molar-refractivity contribution >= 4 is 23.2 Å². The zero-order valence-electron chi connectivity index (χ0n) is 14.1. The first-order valence-electron chi connectivity index (χ1n) is 8.36. The van der Waals surface area contributed by atoms with Gasteiger partial charge in [-0.15, -0.1) is 0 Å². The van der Waals surface area contributed by atoms with Gasteiger partial charge in [-0.05, 0) is 55.6 Å². The SMILES string of the molecule is CN(CC(=O)Nc1cc(Cl)ccc1C#N)[C@@H]1CCCc2ccccc21. The van der Waals surface area contributed by atoms with Gasteiger partial charge >= 0.3 is 0 Å². The highest BCUT2D eigenvalue weighted by molar-refractivity contribution is 6.31. The van der Waals surface area contributed by atoms with Gasteiger partial charge in [-0.2, -0.15) is 5.26 Å². The number of nitrogens with zero attached hydrogens (tertiary/aromatic N) is 2. The van der Waals surface area contributed by atoms with Crippen LogP contribution in [0.25, 0.3) is 0 Å². The molecule has 0 aliphatic heterocycles. The lowest BCUT2D eigenvalue weighted by atomic mass is 9.87. The number of hydrogen-bond acceptors (Lipinski definition) is 3. The number of nitrogens with one attached hydrogen (secondary N) is 1. The van der Waals surface area contributed by atoms with E-state index in [-0.39, 0.29) is 18.5 Å². The summed E-state index contributed by atoms with van der Waals surface area (Å²) in [5, 5.41) is 12.5. The molecule has 1 aliphatic carbocycles. The molecule has 2 aromatic rings. The Kier molecular flexibility index (Phi) is 5.37. The van der Waals surface area contributed by atoms with Gasteiger partial charge in [0, 0.05) is 11.1 Å². The molecule has 0 heterocycles. The lowest BCUT2D eigenvalue weighted by Gasteiger charge is -2.32. The van der Waals surface area contributed by atoms with E-state index in [1.165, 1.54) is 11.1 Å². The Morgan fingerprint density at radius 3 is 2.96 bits per heavy atom. The van der Waals surface area contributed by atoms with Crippen molar-refractivity contribution in [3.63, 3.8) is 0 Å². The van der Waals surface area contributed by atoms with E-state index in [1.807, 2.05) is 7.05 Å². The van der Waals surface area contributed by atoms with E-state index in [0.29, 0.717) is 16.3 Å². The summed E-state index contributed by atoms with van der Waals surface area (Å²) in [6, 6.07) is 15.6. The van der Waals surface area contributed by atoms with Crippen molar-refractivity contribution in [2.24, 2.45) is 0 Å². The average molecular weight is 354 g/mol. The minimum Gasteiger partial charge on any atom is -0.324 e. The van der Waals surface area contributed by atoms with E-state index in [4.69, 9.17) is 16.9 Å². The first-order valence-corrected chi connectivity index (χ1v) is 8.74. The summed E-state index contributed by atoms with van der Waals surface area (Å²) in [7, 11) is 1.97. The lowest BCUT2D eigenvalue weighted by Crippen LogP contribution is -2.35. The number of anilines is 1. The van der Waals surface area contributed by atoms with Crippen molar-refractivity contribution in [1.29, 1.82) is 5.26 Å². The summed E-state index contributed by atoms with van der Waals surface area (Å²) < 4.78 is 0. The first kappa shape index (κ1) is 17.5. The van der Waals surface area contributed by atoms with Crippen molar-refractivity contribution in [1.82, 2.24) is 4.90 Å². The van der Waals surface area contributed by atoms with E-state index in [2.05, 4.69) is 40.6 Å². The van der Waals surface area contributed by atoms with Crippen molar-refractivity contribution in [2.45, 2.75) is 25.3 Å². The molecule has 128 valence electrons. The molecule has 0 spiro atoms.